The lowest BCUT2D eigenvalue weighted by molar-refractivity contribution is 0.0697. The number of aromatic carboxylic acids is 1. The van der Waals surface area contributed by atoms with E-state index in [1.807, 2.05) is 0 Å². The number of halogens is 1. The van der Waals surface area contributed by atoms with Gasteiger partial charge in [-0.05, 0) is 12.1 Å². The van der Waals surface area contributed by atoms with E-state index in [9.17, 15) is 13.2 Å². The van der Waals surface area contributed by atoms with Crippen molar-refractivity contribution in [2.45, 2.75) is 11.8 Å². The molecule has 0 saturated carbocycles. The Bertz CT molecular complexity index is 714. The topological polar surface area (TPSA) is 96.3 Å². The number of nitrogens with zero attached hydrogens (tertiary/aromatic N) is 2. The van der Waals surface area contributed by atoms with Crippen molar-refractivity contribution in [3.05, 3.63) is 22.7 Å². The number of aliphatic imine (C=N–C) groups is 1. The van der Waals surface area contributed by atoms with Gasteiger partial charge >= 0.3 is 5.97 Å². The molecule has 0 fully saturated rings. The second kappa shape index (κ2) is 4.95. The van der Waals surface area contributed by atoms with E-state index in [0.29, 0.717) is 5.90 Å². The molecule has 1 heterocycles. The van der Waals surface area contributed by atoms with E-state index in [2.05, 4.69) is 4.99 Å². The summed E-state index contributed by atoms with van der Waals surface area (Å²) >= 11 is 6.02. The standard InChI is InChI=1S/C11H11ClN2O5S/c1-6-13-5-14(19-6)10-8(20(2,17)18)4-3-7(9(10)12)11(15)16/h3-4H,5H2,1-2H3,(H,15,16). The third kappa shape index (κ3) is 2.56. The Labute approximate surface area is 120 Å². The number of hydrogen-bond donors (Lipinski definition) is 1. The normalized spacial score (nSPS) is 14.9. The lowest BCUT2D eigenvalue weighted by atomic mass is 10.2. The van der Waals surface area contributed by atoms with Crippen LogP contribution in [0.25, 0.3) is 0 Å². The molecule has 7 nitrogen and oxygen atoms in total. The number of carbonyl (C=O) groups is 1. The van der Waals surface area contributed by atoms with Crippen molar-refractivity contribution in [2.24, 2.45) is 4.99 Å². The van der Waals surface area contributed by atoms with Gasteiger partial charge < -0.3 is 9.94 Å². The number of sulfone groups is 1. The summed E-state index contributed by atoms with van der Waals surface area (Å²) in [6.45, 7) is 1.63. The van der Waals surface area contributed by atoms with Crippen LogP contribution in [0.1, 0.15) is 17.3 Å². The lowest BCUT2D eigenvalue weighted by Crippen LogP contribution is -2.22. The quantitative estimate of drug-likeness (QED) is 0.908. The van der Waals surface area contributed by atoms with Gasteiger partial charge in [-0.3, -0.25) is 0 Å². The summed E-state index contributed by atoms with van der Waals surface area (Å²) in [7, 11) is -3.60. The molecule has 1 aliphatic rings. The molecule has 0 bridgehead atoms. The summed E-state index contributed by atoms with van der Waals surface area (Å²) in [5.41, 5.74) is -0.225. The van der Waals surface area contributed by atoms with Crippen molar-refractivity contribution < 1.29 is 23.2 Å². The third-order valence-electron chi connectivity index (χ3n) is 2.62. The monoisotopic (exact) mass is 318 g/mol. The van der Waals surface area contributed by atoms with Crippen molar-refractivity contribution in [2.75, 3.05) is 18.0 Å². The van der Waals surface area contributed by atoms with Crippen LogP contribution in [-0.4, -0.2) is 38.3 Å². The van der Waals surface area contributed by atoms with E-state index in [4.69, 9.17) is 21.5 Å². The second-order valence-electron chi connectivity index (χ2n) is 4.14. The highest BCUT2D eigenvalue weighted by atomic mass is 35.5. The average molecular weight is 319 g/mol. The molecule has 1 aromatic rings. The Morgan fingerprint density at radius 3 is 2.60 bits per heavy atom. The zero-order valence-corrected chi connectivity index (χ0v) is 12.2. The Hall–Kier alpha value is -1.80. The van der Waals surface area contributed by atoms with Crippen LogP contribution in [0.4, 0.5) is 5.69 Å². The Balaban J connectivity index is 2.67. The Morgan fingerprint density at radius 1 is 1.50 bits per heavy atom. The van der Waals surface area contributed by atoms with Gasteiger partial charge in [-0.2, -0.15) is 5.06 Å². The van der Waals surface area contributed by atoms with E-state index >= 15 is 0 Å². The van der Waals surface area contributed by atoms with Crippen LogP contribution in [-0.2, 0) is 14.7 Å². The molecule has 0 amide bonds. The molecule has 0 aliphatic carbocycles. The van der Waals surface area contributed by atoms with Crippen molar-refractivity contribution in [1.29, 1.82) is 0 Å². The number of hydrogen-bond acceptors (Lipinski definition) is 6. The van der Waals surface area contributed by atoms with Crippen LogP contribution in [0, 0.1) is 0 Å². The largest absolute Gasteiger partial charge is 0.478 e. The van der Waals surface area contributed by atoms with Crippen LogP contribution in [0.5, 0.6) is 0 Å². The van der Waals surface area contributed by atoms with Crippen LogP contribution in [0.2, 0.25) is 5.02 Å². The number of benzene rings is 1. The molecule has 108 valence electrons. The van der Waals surface area contributed by atoms with E-state index in [1.54, 1.807) is 6.92 Å². The minimum Gasteiger partial charge on any atom is -0.478 e. The maximum Gasteiger partial charge on any atom is 0.337 e. The summed E-state index contributed by atoms with van der Waals surface area (Å²) in [4.78, 5) is 20.2. The SMILES string of the molecule is CC1=NCN(c2c(S(C)(=O)=O)ccc(C(=O)O)c2Cl)O1. The van der Waals surface area contributed by atoms with E-state index < -0.39 is 15.8 Å². The fourth-order valence-electron chi connectivity index (χ4n) is 1.74. The summed E-state index contributed by atoms with van der Waals surface area (Å²) in [6, 6.07) is 2.34. The van der Waals surface area contributed by atoms with E-state index in [1.165, 1.54) is 6.07 Å². The van der Waals surface area contributed by atoms with Crippen molar-refractivity contribution in [3.63, 3.8) is 0 Å². The predicted octanol–water partition coefficient (Wildman–Crippen LogP) is 1.57. The molecule has 0 saturated heterocycles. The summed E-state index contributed by atoms with van der Waals surface area (Å²) in [5, 5.41) is 10.0. The zero-order valence-electron chi connectivity index (χ0n) is 10.6. The van der Waals surface area contributed by atoms with Gasteiger partial charge in [0.2, 0.25) is 5.90 Å². The van der Waals surface area contributed by atoms with Crippen LogP contribution in [0.3, 0.4) is 0 Å². The molecular formula is C11H11ClN2O5S. The molecule has 0 radical (unpaired) electrons. The molecule has 1 N–H and O–H groups in total. The maximum absolute atomic E-state index is 11.8. The van der Waals surface area contributed by atoms with Crippen molar-refractivity contribution in [3.8, 4) is 0 Å². The predicted molar refractivity (Wildman–Crippen MR) is 73.1 cm³/mol. The zero-order chi connectivity index (χ0) is 15.1. The first-order chi connectivity index (χ1) is 9.21. The van der Waals surface area contributed by atoms with E-state index in [-0.39, 0.29) is 27.8 Å². The number of hydroxylamine groups is 1. The molecule has 2 rings (SSSR count). The molecule has 0 aromatic heterocycles. The minimum absolute atomic E-state index is 0.0188. The molecular weight excluding hydrogens is 308 g/mol. The molecule has 0 spiro atoms. The minimum atomic E-state index is -3.60. The van der Waals surface area contributed by atoms with Gasteiger partial charge in [-0.1, -0.05) is 11.6 Å². The van der Waals surface area contributed by atoms with Gasteiger partial charge in [-0.25, -0.2) is 18.2 Å². The molecule has 1 aromatic carbocycles. The molecule has 1 aliphatic heterocycles. The van der Waals surface area contributed by atoms with Crippen LogP contribution >= 0.6 is 11.6 Å². The van der Waals surface area contributed by atoms with Crippen LogP contribution < -0.4 is 5.06 Å². The second-order valence-corrected chi connectivity index (χ2v) is 6.50. The molecule has 0 unspecified atom stereocenters. The van der Waals surface area contributed by atoms with Gasteiger partial charge in [0.1, 0.15) is 12.4 Å². The van der Waals surface area contributed by atoms with Crippen LogP contribution in [0.15, 0.2) is 22.0 Å². The third-order valence-corrected chi connectivity index (χ3v) is 4.13. The fraction of sp³-hybridized carbons (Fsp3) is 0.273. The van der Waals surface area contributed by atoms with Gasteiger partial charge in [0.25, 0.3) is 0 Å². The summed E-state index contributed by atoms with van der Waals surface area (Å²) in [5.74, 6) is -0.922. The molecule has 0 atom stereocenters. The smallest absolute Gasteiger partial charge is 0.337 e. The molecule has 20 heavy (non-hydrogen) atoms. The highest BCUT2D eigenvalue weighted by molar-refractivity contribution is 7.90. The van der Waals surface area contributed by atoms with Crippen molar-refractivity contribution >= 4 is 39.0 Å². The van der Waals surface area contributed by atoms with Gasteiger partial charge in [-0.15, -0.1) is 0 Å². The summed E-state index contributed by atoms with van der Waals surface area (Å²) in [6.07, 6.45) is 1.01. The maximum atomic E-state index is 11.8. The number of carboxylic acids is 1. The van der Waals surface area contributed by atoms with Crippen molar-refractivity contribution in [1.82, 2.24) is 0 Å². The first kappa shape index (κ1) is 14.6. The highest BCUT2D eigenvalue weighted by Crippen LogP contribution is 2.37. The van der Waals surface area contributed by atoms with E-state index in [0.717, 1.165) is 17.4 Å². The Morgan fingerprint density at radius 2 is 2.15 bits per heavy atom. The number of carboxylic acid groups (broad SMARTS) is 1. The van der Waals surface area contributed by atoms with Gasteiger partial charge in [0, 0.05) is 13.2 Å². The number of anilines is 1. The first-order valence-corrected chi connectivity index (χ1v) is 7.71. The van der Waals surface area contributed by atoms with Gasteiger partial charge in [0.15, 0.2) is 9.84 Å². The fourth-order valence-corrected chi connectivity index (χ4v) is 3.01. The summed E-state index contributed by atoms with van der Waals surface area (Å²) < 4.78 is 23.6. The lowest BCUT2D eigenvalue weighted by Gasteiger charge is -2.21. The Kier molecular flexibility index (Phi) is 3.61. The average Bonchev–Trinajstić information content (AvgIpc) is 2.73. The highest BCUT2D eigenvalue weighted by Gasteiger charge is 2.28. The number of rotatable bonds is 3. The first-order valence-electron chi connectivity index (χ1n) is 5.44. The van der Waals surface area contributed by atoms with Gasteiger partial charge in [0.05, 0.1) is 15.5 Å². The molecule has 9 heteroatoms.